The summed E-state index contributed by atoms with van der Waals surface area (Å²) >= 11 is 0. The molecule has 2 heterocycles. The average Bonchev–Trinajstić information content (AvgIpc) is 3.02. The number of nitrogens with one attached hydrogen (secondary N) is 1. The highest BCUT2D eigenvalue weighted by atomic mass is 127. The van der Waals surface area contributed by atoms with E-state index in [9.17, 15) is 4.39 Å². The summed E-state index contributed by atoms with van der Waals surface area (Å²) in [7, 11) is 4.05. The highest BCUT2D eigenvalue weighted by Crippen LogP contribution is 2.17. The van der Waals surface area contributed by atoms with E-state index in [1.54, 1.807) is 0 Å². The summed E-state index contributed by atoms with van der Waals surface area (Å²) in [6.45, 7) is 5.86. The number of hydrogen-bond acceptors (Lipinski definition) is 3. The molecule has 2 aliphatic heterocycles. The molecule has 2 aliphatic rings. The number of guanidine groups is 1. The molecule has 140 valence electrons. The molecule has 7 heteroatoms. The molecular formula is C18H29FIN5. The van der Waals surface area contributed by atoms with Gasteiger partial charge in [0.2, 0.25) is 0 Å². The van der Waals surface area contributed by atoms with E-state index in [4.69, 9.17) is 0 Å². The standard InChI is InChI=1S/C18H28FN5.HI/c1-20-18(21-14-17-4-3-9-22(17)2)24-12-10-23(11-13-24)16-7-5-15(19)6-8-16;/h5-8,17H,3-4,9-14H2,1-2H3,(H,20,21);1H. The Morgan fingerprint density at radius 3 is 2.40 bits per heavy atom. The molecule has 1 aromatic rings. The third-order valence-electron chi connectivity index (χ3n) is 5.15. The fraction of sp³-hybridized carbons (Fsp3) is 0.611. The van der Waals surface area contributed by atoms with Gasteiger partial charge >= 0.3 is 0 Å². The number of likely N-dealkylation sites (tertiary alicyclic amines) is 1. The monoisotopic (exact) mass is 461 g/mol. The van der Waals surface area contributed by atoms with Gasteiger partial charge in [-0.05, 0) is 50.7 Å². The van der Waals surface area contributed by atoms with Crippen LogP contribution in [0.2, 0.25) is 0 Å². The van der Waals surface area contributed by atoms with E-state index in [2.05, 4.69) is 32.1 Å². The van der Waals surface area contributed by atoms with E-state index < -0.39 is 0 Å². The number of anilines is 1. The number of piperazine rings is 1. The quantitative estimate of drug-likeness (QED) is 0.426. The van der Waals surface area contributed by atoms with E-state index in [0.717, 1.165) is 44.4 Å². The van der Waals surface area contributed by atoms with Gasteiger partial charge in [0.1, 0.15) is 5.82 Å². The molecule has 1 aromatic carbocycles. The first-order valence-corrected chi connectivity index (χ1v) is 8.83. The lowest BCUT2D eigenvalue weighted by Crippen LogP contribution is -2.54. The maximum atomic E-state index is 13.1. The number of benzene rings is 1. The SMILES string of the molecule is CN=C(NCC1CCCN1C)N1CCN(c2ccc(F)cc2)CC1.I. The van der Waals surface area contributed by atoms with Crippen molar-refractivity contribution in [1.29, 1.82) is 0 Å². The van der Waals surface area contributed by atoms with Gasteiger partial charge in [0.25, 0.3) is 0 Å². The molecule has 0 aliphatic carbocycles. The number of hydrogen-bond donors (Lipinski definition) is 1. The highest BCUT2D eigenvalue weighted by molar-refractivity contribution is 14.0. The maximum absolute atomic E-state index is 13.1. The Morgan fingerprint density at radius 2 is 1.84 bits per heavy atom. The molecule has 0 aromatic heterocycles. The van der Waals surface area contributed by atoms with Gasteiger partial charge in [-0.15, -0.1) is 24.0 Å². The van der Waals surface area contributed by atoms with Crippen LogP contribution in [0.5, 0.6) is 0 Å². The van der Waals surface area contributed by atoms with Crippen molar-refractivity contribution in [2.24, 2.45) is 4.99 Å². The molecule has 2 saturated heterocycles. The lowest BCUT2D eigenvalue weighted by molar-refractivity contribution is 0.303. The molecular weight excluding hydrogens is 432 g/mol. The number of aliphatic imine (C=N–C) groups is 1. The zero-order chi connectivity index (χ0) is 16.9. The number of halogens is 2. The average molecular weight is 461 g/mol. The predicted molar refractivity (Wildman–Crippen MR) is 113 cm³/mol. The van der Waals surface area contributed by atoms with Crippen LogP contribution in [0.25, 0.3) is 0 Å². The van der Waals surface area contributed by atoms with Crippen molar-refractivity contribution in [3.8, 4) is 0 Å². The van der Waals surface area contributed by atoms with E-state index in [0.29, 0.717) is 6.04 Å². The predicted octanol–water partition coefficient (Wildman–Crippen LogP) is 2.24. The first-order valence-electron chi connectivity index (χ1n) is 8.83. The molecule has 25 heavy (non-hydrogen) atoms. The van der Waals surface area contributed by atoms with Crippen LogP contribution in [0.4, 0.5) is 10.1 Å². The van der Waals surface area contributed by atoms with Crippen molar-refractivity contribution in [3.63, 3.8) is 0 Å². The van der Waals surface area contributed by atoms with Crippen LogP contribution in [0, 0.1) is 5.82 Å². The summed E-state index contributed by atoms with van der Waals surface area (Å²) in [5.74, 6) is 0.813. The van der Waals surface area contributed by atoms with Gasteiger partial charge in [-0.3, -0.25) is 4.99 Å². The van der Waals surface area contributed by atoms with Crippen LogP contribution >= 0.6 is 24.0 Å². The fourth-order valence-electron chi connectivity index (χ4n) is 3.61. The Balaban J connectivity index is 0.00000225. The second-order valence-corrected chi connectivity index (χ2v) is 6.66. The van der Waals surface area contributed by atoms with Gasteiger partial charge in [0.05, 0.1) is 0 Å². The molecule has 0 spiro atoms. The largest absolute Gasteiger partial charge is 0.368 e. The van der Waals surface area contributed by atoms with Crippen LogP contribution in [-0.4, -0.2) is 75.2 Å². The van der Waals surface area contributed by atoms with Crippen LogP contribution in [-0.2, 0) is 0 Å². The second-order valence-electron chi connectivity index (χ2n) is 6.66. The molecule has 0 bridgehead atoms. The van der Waals surface area contributed by atoms with Crippen LogP contribution in [0.3, 0.4) is 0 Å². The molecule has 0 amide bonds. The zero-order valence-electron chi connectivity index (χ0n) is 15.1. The maximum Gasteiger partial charge on any atom is 0.193 e. The number of rotatable bonds is 3. The molecule has 1 unspecified atom stereocenters. The van der Waals surface area contributed by atoms with E-state index in [-0.39, 0.29) is 29.8 Å². The summed E-state index contributed by atoms with van der Waals surface area (Å²) < 4.78 is 13.1. The van der Waals surface area contributed by atoms with Crippen molar-refractivity contribution in [2.45, 2.75) is 18.9 Å². The minimum atomic E-state index is -0.182. The smallest absolute Gasteiger partial charge is 0.193 e. The van der Waals surface area contributed by atoms with Crippen LogP contribution in [0.1, 0.15) is 12.8 Å². The van der Waals surface area contributed by atoms with E-state index >= 15 is 0 Å². The Bertz CT molecular complexity index is 557. The minimum Gasteiger partial charge on any atom is -0.368 e. The van der Waals surface area contributed by atoms with Crippen molar-refractivity contribution in [2.75, 3.05) is 58.3 Å². The molecule has 3 rings (SSSR count). The third-order valence-corrected chi connectivity index (χ3v) is 5.15. The minimum absolute atomic E-state index is 0. The molecule has 5 nitrogen and oxygen atoms in total. The van der Waals surface area contributed by atoms with Gasteiger partial charge in [-0.2, -0.15) is 0 Å². The first kappa shape index (κ1) is 20.2. The van der Waals surface area contributed by atoms with E-state index in [1.807, 2.05) is 19.2 Å². The van der Waals surface area contributed by atoms with Crippen molar-refractivity contribution >= 4 is 35.6 Å². The van der Waals surface area contributed by atoms with Gasteiger partial charge in [-0.25, -0.2) is 4.39 Å². The van der Waals surface area contributed by atoms with Gasteiger partial charge in [0.15, 0.2) is 5.96 Å². The van der Waals surface area contributed by atoms with Gasteiger partial charge in [0, 0.05) is 51.5 Å². The second kappa shape index (κ2) is 9.56. The summed E-state index contributed by atoms with van der Waals surface area (Å²) in [6, 6.07) is 7.38. The Kier molecular flexibility index (Phi) is 7.74. The number of likely N-dealkylation sites (N-methyl/N-ethyl adjacent to an activating group) is 1. The zero-order valence-corrected chi connectivity index (χ0v) is 17.4. The summed E-state index contributed by atoms with van der Waals surface area (Å²) in [5.41, 5.74) is 1.09. The van der Waals surface area contributed by atoms with Crippen LogP contribution in [0.15, 0.2) is 29.3 Å². The number of nitrogens with zero attached hydrogens (tertiary/aromatic N) is 4. The molecule has 2 fully saturated rings. The lowest BCUT2D eigenvalue weighted by Gasteiger charge is -2.38. The fourth-order valence-corrected chi connectivity index (χ4v) is 3.61. The Morgan fingerprint density at radius 1 is 1.16 bits per heavy atom. The molecule has 0 saturated carbocycles. The van der Waals surface area contributed by atoms with Crippen molar-refractivity contribution < 1.29 is 4.39 Å². The Hall–Kier alpha value is -1.09. The summed E-state index contributed by atoms with van der Waals surface area (Å²) in [5, 5.41) is 3.54. The highest BCUT2D eigenvalue weighted by Gasteiger charge is 2.23. The molecule has 1 N–H and O–H groups in total. The molecule has 0 radical (unpaired) electrons. The van der Waals surface area contributed by atoms with Crippen molar-refractivity contribution in [1.82, 2.24) is 15.1 Å². The third kappa shape index (κ3) is 5.20. The normalized spacial score (nSPS) is 22.0. The van der Waals surface area contributed by atoms with E-state index in [1.165, 1.54) is 31.5 Å². The van der Waals surface area contributed by atoms with Gasteiger partial charge in [-0.1, -0.05) is 0 Å². The lowest BCUT2D eigenvalue weighted by atomic mass is 10.2. The van der Waals surface area contributed by atoms with Gasteiger partial charge < -0.3 is 20.0 Å². The Labute approximate surface area is 167 Å². The summed E-state index contributed by atoms with van der Waals surface area (Å²) in [4.78, 5) is 11.5. The van der Waals surface area contributed by atoms with Crippen LogP contribution < -0.4 is 10.2 Å². The molecule has 1 atom stereocenters. The summed E-state index contributed by atoms with van der Waals surface area (Å²) in [6.07, 6.45) is 2.55. The van der Waals surface area contributed by atoms with Crippen molar-refractivity contribution in [3.05, 3.63) is 30.1 Å². The topological polar surface area (TPSA) is 34.1 Å². The first-order chi connectivity index (χ1) is 11.7.